The van der Waals surface area contributed by atoms with Gasteiger partial charge < -0.3 is 4.90 Å². The van der Waals surface area contributed by atoms with Gasteiger partial charge in [0.15, 0.2) is 0 Å². The molecule has 0 N–H and O–H groups in total. The summed E-state index contributed by atoms with van der Waals surface area (Å²) in [6, 6.07) is 21.9. The van der Waals surface area contributed by atoms with Gasteiger partial charge in [-0.3, -0.25) is 4.98 Å². The fourth-order valence-corrected chi connectivity index (χ4v) is 5.25. The summed E-state index contributed by atoms with van der Waals surface area (Å²) in [5.41, 5.74) is 10.7. The van der Waals surface area contributed by atoms with Crippen molar-refractivity contribution in [1.29, 1.82) is 0 Å². The first kappa shape index (κ1) is 15.9. The van der Waals surface area contributed by atoms with Crippen LogP contribution in [0.2, 0.25) is 0 Å². The first-order valence-electron chi connectivity index (χ1n) is 10.0. The van der Waals surface area contributed by atoms with Crippen LogP contribution < -0.4 is 4.90 Å². The molecule has 2 aliphatic heterocycles. The number of anilines is 2. The highest BCUT2D eigenvalue weighted by molar-refractivity contribution is 5.86. The first-order chi connectivity index (χ1) is 13.7. The summed E-state index contributed by atoms with van der Waals surface area (Å²) in [5, 5.41) is 0. The summed E-state index contributed by atoms with van der Waals surface area (Å²) in [4.78, 5) is 7.08. The Balaban J connectivity index is 1.62. The van der Waals surface area contributed by atoms with Gasteiger partial charge in [-0.2, -0.15) is 0 Å². The van der Waals surface area contributed by atoms with E-state index in [2.05, 4.69) is 90.5 Å². The number of aromatic nitrogens is 1. The molecule has 136 valence electrons. The Morgan fingerprint density at radius 2 is 1.82 bits per heavy atom. The lowest BCUT2D eigenvalue weighted by Gasteiger charge is -2.42. The fourth-order valence-electron chi connectivity index (χ4n) is 5.25. The van der Waals surface area contributed by atoms with Crippen LogP contribution in [0.15, 0.2) is 90.3 Å². The largest absolute Gasteiger partial charge is 0.313 e. The average Bonchev–Trinajstić information content (AvgIpc) is 3.07. The highest BCUT2D eigenvalue weighted by Crippen LogP contribution is 2.59. The number of fused-ring (bicyclic) bond motifs is 5. The molecular weight excluding hydrogens is 340 g/mol. The van der Waals surface area contributed by atoms with Gasteiger partial charge in [0.2, 0.25) is 0 Å². The Bertz CT molecular complexity index is 1170. The number of hydrogen-bond donors (Lipinski definition) is 0. The van der Waals surface area contributed by atoms with Crippen molar-refractivity contribution in [1.82, 2.24) is 4.98 Å². The SMILES string of the molecule is CC1(C)C2=C3C(CC=C2)c2cc(-c4ccccn4)ccc2N3c2ccccc21. The topological polar surface area (TPSA) is 16.1 Å². The van der Waals surface area contributed by atoms with Crippen molar-refractivity contribution in [3.63, 3.8) is 0 Å². The molecule has 1 unspecified atom stereocenters. The smallest absolute Gasteiger partial charge is 0.0702 e. The Morgan fingerprint density at radius 3 is 2.68 bits per heavy atom. The van der Waals surface area contributed by atoms with Crippen molar-refractivity contribution < 1.29 is 0 Å². The Kier molecular flexibility index (Phi) is 3.09. The summed E-state index contributed by atoms with van der Waals surface area (Å²) in [6.07, 6.45) is 7.65. The number of benzene rings is 2. The molecule has 0 fully saturated rings. The standard InChI is InChI=1S/C26H22N2/c1-26(2)20-9-3-4-12-24(20)28-23-14-13-17(22-11-5-6-15-27-22)16-19(23)18-8-7-10-21(26)25(18)28/h3-7,9-16,18H,8H2,1-2H3. The van der Waals surface area contributed by atoms with E-state index in [1.54, 1.807) is 0 Å². The molecule has 28 heavy (non-hydrogen) atoms. The van der Waals surface area contributed by atoms with Crippen LogP contribution in [0.3, 0.4) is 0 Å². The van der Waals surface area contributed by atoms with Crippen LogP contribution >= 0.6 is 0 Å². The summed E-state index contributed by atoms with van der Waals surface area (Å²) < 4.78 is 0. The van der Waals surface area contributed by atoms with E-state index in [9.17, 15) is 0 Å². The lowest BCUT2D eigenvalue weighted by molar-refractivity contribution is 0.598. The Labute approximate surface area is 165 Å². The third-order valence-electron chi connectivity index (χ3n) is 6.60. The molecule has 0 saturated carbocycles. The zero-order chi connectivity index (χ0) is 18.9. The molecule has 3 aromatic rings. The molecule has 2 nitrogen and oxygen atoms in total. The molecule has 0 spiro atoms. The number of nitrogens with zero attached hydrogens (tertiary/aromatic N) is 2. The number of hydrogen-bond acceptors (Lipinski definition) is 2. The van der Waals surface area contributed by atoms with Crippen molar-refractivity contribution in [2.24, 2.45) is 0 Å². The van der Waals surface area contributed by atoms with Crippen molar-refractivity contribution in [3.8, 4) is 11.3 Å². The van der Waals surface area contributed by atoms with Crippen LogP contribution in [-0.4, -0.2) is 4.98 Å². The summed E-state index contributed by atoms with van der Waals surface area (Å²) in [6.45, 7) is 4.72. The highest BCUT2D eigenvalue weighted by Gasteiger charge is 2.46. The van der Waals surface area contributed by atoms with Gasteiger partial charge in [0.05, 0.1) is 5.69 Å². The highest BCUT2D eigenvalue weighted by atomic mass is 15.2. The van der Waals surface area contributed by atoms with Gasteiger partial charge in [0.25, 0.3) is 0 Å². The maximum Gasteiger partial charge on any atom is 0.0702 e. The van der Waals surface area contributed by atoms with E-state index in [1.807, 2.05) is 12.3 Å². The van der Waals surface area contributed by atoms with Gasteiger partial charge in [-0.25, -0.2) is 0 Å². The zero-order valence-corrected chi connectivity index (χ0v) is 16.2. The van der Waals surface area contributed by atoms with E-state index in [0.717, 1.165) is 12.1 Å². The fraction of sp³-hybridized carbons (Fsp3) is 0.192. The van der Waals surface area contributed by atoms with Crippen molar-refractivity contribution >= 4 is 11.4 Å². The molecule has 0 amide bonds. The Morgan fingerprint density at radius 1 is 0.964 bits per heavy atom. The van der Waals surface area contributed by atoms with E-state index in [4.69, 9.17) is 0 Å². The van der Waals surface area contributed by atoms with Crippen molar-refractivity contribution in [2.45, 2.75) is 31.6 Å². The number of para-hydroxylation sites is 1. The molecule has 6 rings (SSSR count). The van der Waals surface area contributed by atoms with Crippen molar-refractivity contribution in [2.75, 3.05) is 4.90 Å². The summed E-state index contributed by atoms with van der Waals surface area (Å²) in [7, 11) is 0. The van der Waals surface area contributed by atoms with Crippen LogP contribution in [0.25, 0.3) is 11.3 Å². The molecule has 3 heterocycles. The lowest BCUT2D eigenvalue weighted by Crippen LogP contribution is -2.33. The third kappa shape index (κ3) is 1.95. The third-order valence-corrected chi connectivity index (χ3v) is 6.60. The molecule has 3 aliphatic rings. The minimum absolute atomic E-state index is 0.0173. The second-order valence-electron chi connectivity index (χ2n) is 8.46. The van der Waals surface area contributed by atoms with E-state index in [-0.39, 0.29) is 5.41 Å². The van der Waals surface area contributed by atoms with Gasteiger partial charge in [0.1, 0.15) is 0 Å². The lowest BCUT2D eigenvalue weighted by atomic mass is 9.70. The maximum atomic E-state index is 4.56. The van der Waals surface area contributed by atoms with Crippen LogP contribution in [-0.2, 0) is 5.41 Å². The van der Waals surface area contributed by atoms with Gasteiger partial charge in [0, 0.05) is 40.2 Å². The van der Waals surface area contributed by atoms with Gasteiger partial charge in [-0.15, -0.1) is 0 Å². The predicted molar refractivity (Wildman–Crippen MR) is 115 cm³/mol. The predicted octanol–water partition coefficient (Wildman–Crippen LogP) is 6.49. The number of rotatable bonds is 1. The number of allylic oxidation sites excluding steroid dienone is 4. The molecular formula is C26H22N2. The molecule has 1 aromatic heterocycles. The minimum atomic E-state index is 0.0173. The van der Waals surface area contributed by atoms with E-state index in [0.29, 0.717) is 5.92 Å². The first-order valence-corrected chi connectivity index (χ1v) is 10.0. The minimum Gasteiger partial charge on any atom is -0.313 e. The molecule has 0 saturated heterocycles. The summed E-state index contributed by atoms with van der Waals surface area (Å²) in [5.74, 6) is 0.422. The molecule has 1 aliphatic carbocycles. The van der Waals surface area contributed by atoms with Crippen LogP contribution in [0.4, 0.5) is 11.4 Å². The van der Waals surface area contributed by atoms with Crippen LogP contribution in [0.1, 0.15) is 37.3 Å². The molecule has 1 atom stereocenters. The van der Waals surface area contributed by atoms with E-state index < -0.39 is 0 Å². The zero-order valence-electron chi connectivity index (χ0n) is 16.2. The normalized spacial score (nSPS) is 20.6. The summed E-state index contributed by atoms with van der Waals surface area (Å²) >= 11 is 0. The molecule has 2 aromatic carbocycles. The second kappa shape index (κ2) is 5.45. The van der Waals surface area contributed by atoms with Gasteiger partial charge in [-0.1, -0.05) is 56.3 Å². The maximum absolute atomic E-state index is 4.56. The van der Waals surface area contributed by atoms with Gasteiger partial charge in [-0.05, 0) is 53.5 Å². The molecule has 2 heteroatoms. The van der Waals surface area contributed by atoms with Crippen LogP contribution in [0.5, 0.6) is 0 Å². The Hall–Kier alpha value is -3.13. The average molecular weight is 362 g/mol. The van der Waals surface area contributed by atoms with Crippen LogP contribution in [0, 0.1) is 0 Å². The van der Waals surface area contributed by atoms with Crippen molar-refractivity contribution in [3.05, 3.63) is 101 Å². The second-order valence-corrected chi connectivity index (χ2v) is 8.46. The van der Waals surface area contributed by atoms with E-state index >= 15 is 0 Å². The quantitative estimate of drug-likeness (QED) is 0.492. The van der Waals surface area contributed by atoms with Gasteiger partial charge >= 0.3 is 0 Å². The van der Waals surface area contributed by atoms with E-state index in [1.165, 1.54) is 39.3 Å². The molecule has 0 radical (unpaired) electrons. The number of pyridine rings is 1. The monoisotopic (exact) mass is 362 g/mol. The molecule has 0 bridgehead atoms.